The molecular weight excluding hydrogens is 224 g/mol. The van der Waals surface area contributed by atoms with Crippen molar-refractivity contribution < 1.29 is 4.79 Å². The van der Waals surface area contributed by atoms with E-state index in [1.165, 1.54) is 44.9 Å². The van der Waals surface area contributed by atoms with Gasteiger partial charge in [-0.15, -0.1) is 0 Å². The van der Waals surface area contributed by atoms with Gasteiger partial charge < -0.3 is 10.6 Å². The molecule has 3 fully saturated rings. The quantitative estimate of drug-likeness (QED) is 0.817. The zero-order valence-corrected chi connectivity index (χ0v) is 11.4. The van der Waals surface area contributed by atoms with Gasteiger partial charge in [-0.2, -0.15) is 0 Å². The molecule has 2 atom stereocenters. The van der Waals surface area contributed by atoms with E-state index in [4.69, 9.17) is 5.73 Å². The number of rotatable bonds is 2. The molecular formula is C15H26N2O. The molecule has 1 heterocycles. The lowest BCUT2D eigenvalue weighted by Crippen LogP contribution is -2.58. The minimum Gasteiger partial charge on any atom is -0.339 e. The number of carbonyl (C=O) groups is 1. The Balaban J connectivity index is 1.75. The largest absolute Gasteiger partial charge is 0.339 e. The van der Waals surface area contributed by atoms with Crippen LogP contribution in [0.4, 0.5) is 0 Å². The van der Waals surface area contributed by atoms with Gasteiger partial charge in [-0.1, -0.05) is 19.3 Å². The summed E-state index contributed by atoms with van der Waals surface area (Å²) in [5.41, 5.74) is 5.73. The fourth-order valence-electron chi connectivity index (χ4n) is 4.29. The van der Waals surface area contributed by atoms with Gasteiger partial charge in [0.1, 0.15) is 0 Å². The van der Waals surface area contributed by atoms with Crippen molar-refractivity contribution in [3.8, 4) is 0 Å². The van der Waals surface area contributed by atoms with Crippen molar-refractivity contribution >= 4 is 5.91 Å². The van der Waals surface area contributed by atoms with Crippen LogP contribution in [0.3, 0.4) is 0 Å². The van der Waals surface area contributed by atoms with Crippen LogP contribution in [-0.2, 0) is 4.79 Å². The van der Waals surface area contributed by atoms with E-state index in [0.717, 1.165) is 25.3 Å². The summed E-state index contributed by atoms with van der Waals surface area (Å²) in [4.78, 5) is 15.1. The number of hydrogen-bond donors (Lipinski definition) is 1. The molecule has 3 nitrogen and oxygen atoms in total. The number of hydrogen-bond acceptors (Lipinski definition) is 2. The van der Waals surface area contributed by atoms with Crippen molar-refractivity contribution in [2.45, 2.75) is 63.8 Å². The van der Waals surface area contributed by atoms with Gasteiger partial charge in [0.05, 0.1) is 5.41 Å². The fraction of sp³-hybridized carbons (Fsp3) is 0.933. The number of likely N-dealkylation sites (tertiary alicyclic amines) is 1. The molecule has 2 unspecified atom stereocenters. The second-order valence-corrected chi connectivity index (χ2v) is 6.59. The summed E-state index contributed by atoms with van der Waals surface area (Å²) in [6.07, 6.45) is 11.0. The maximum Gasteiger partial charge on any atom is 0.230 e. The Bertz CT molecular complexity index is 317. The summed E-state index contributed by atoms with van der Waals surface area (Å²) >= 11 is 0. The second kappa shape index (κ2) is 4.84. The second-order valence-electron chi connectivity index (χ2n) is 6.59. The van der Waals surface area contributed by atoms with Crippen LogP contribution in [0.1, 0.15) is 57.8 Å². The van der Waals surface area contributed by atoms with Crippen LogP contribution in [0.5, 0.6) is 0 Å². The molecule has 2 N–H and O–H groups in total. The van der Waals surface area contributed by atoms with E-state index < -0.39 is 0 Å². The highest BCUT2D eigenvalue weighted by atomic mass is 16.2. The summed E-state index contributed by atoms with van der Waals surface area (Å²) in [6.45, 7) is 1.54. The highest BCUT2D eigenvalue weighted by Gasteiger charge is 2.48. The van der Waals surface area contributed by atoms with Gasteiger partial charge >= 0.3 is 0 Å². The molecule has 3 heteroatoms. The summed E-state index contributed by atoms with van der Waals surface area (Å²) in [5, 5.41) is 0. The highest BCUT2D eigenvalue weighted by molar-refractivity contribution is 5.84. The molecule has 102 valence electrons. The zero-order valence-electron chi connectivity index (χ0n) is 11.4. The molecule has 2 saturated carbocycles. The molecule has 0 bridgehead atoms. The molecule has 0 radical (unpaired) electrons. The average Bonchev–Trinajstić information content (AvgIpc) is 2.37. The monoisotopic (exact) mass is 250 g/mol. The molecule has 18 heavy (non-hydrogen) atoms. The maximum absolute atomic E-state index is 12.8. The summed E-state index contributed by atoms with van der Waals surface area (Å²) in [7, 11) is 0. The smallest absolute Gasteiger partial charge is 0.230 e. The third-order valence-electron chi connectivity index (χ3n) is 5.66. The number of nitrogens with zero attached hydrogens (tertiary/aromatic N) is 1. The van der Waals surface area contributed by atoms with Crippen molar-refractivity contribution in [3.05, 3.63) is 0 Å². The molecule has 2 aliphatic carbocycles. The lowest BCUT2D eigenvalue weighted by atomic mass is 9.66. The predicted molar refractivity (Wildman–Crippen MR) is 72.0 cm³/mol. The Kier molecular flexibility index (Phi) is 3.35. The Hall–Kier alpha value is -0.570. The van der Waals surface area contributed by atoms with E-state index in [-0.39, 0.29) is 5.41 Å². The molecule has 1 aliphatic heterocycles. The van der Waals surface area contributed by atoms with E-state index in [0.29, 0.717) is 18.5 Å². The van der Waals surface area contributed by atoms with Crippen molar-refractivity contribution in [3.63, 3.8) is 0 Å². The topological polar surface area (TPSA) is 46.3 Å². The predicted octanol–water partition coefficient (Wildman–Crippen LogP) is 2.30. The lowest BCUT2D eigenvalue weighted by Gasteiger charge is -2.50. The SMILES string of the molecule is NCC1(C(=O)N2CCCC3CCCCC32)CCC1. The molecule has 0 aromatic rings. The fourth-order valence-corrected chi connectivity index (χ4v) is 4.29. The van der Waals surface area contributed by atoms with Gasteiger partial charge in [0.25, 0.3) is 0 Å². The van der Waals surface area contributed by atoms with Crippen molar-refractivity contribution in [2.24, 2.45) is 17.1 Å². The normalized spacial score (nSPS) is 34.6. The Labute approximate surface area is 110 Å². The average molecular weight is 250 g/mol. The molecule has 3 aliphatic rings. The van der Waals surface area contributed by atoms with Crippen LogP contribution in [0.2, 0.25) is 0 Å². The first-order valence-electron chi connectivity index (χ1n) is 7.78. The first-order valence-corrected chi connectivity index (χ1v) is 7.78. The molecule has 0 aromatic heterocycles. The zero-order chi connectivity index (χ0) is 12.6. The molecule has 0 spiro atoms. The molecule has 1 saturated heterocycles. The first-order chi connectivity index (χ1) is 8.77. The number of piperidine rings is 1. The van der Waals surface area contributed by atoms with Crippen LogP contribution in [-0.4, -0.2) is 29.9 Å². The Morgan fingerprint density at radius 2 is 1.83 bits per heavy atom. The van der Waals surface area contributed by atoms with Gasteiger partial charge in [-0.3, -0.25) is 4.79 Å². The molecule has 1 amide bonds. The van der Waals surface area contributed by atoms with E-state index in [2.05, 4.69) is 4.90 Å². The van der Waals surface area contributed by atoms with Crippen LogP contribution in [0, 0.1) is 11.3 Å². The van der Waals surface area contributed by atoms with Crippen molar-refractivity contribution in [1.29, 1.82) is 0 Å². The Morgan fingerprint density at radius 1 is 1.11 bits per heavy atom. The lowest BCUT2D eigenvalue weighted by molar-refractivity contribution is -0.153. The Morgan fingerprint density at radius 3 is 2.50 bits per heavy atom. The van der Waals surface area contributed by atoms with Crippen LogP contribution >= 0.6 is 0 Å². The third-order valence-corrected chi connectivity index (χ3v) is 5.66. The maximum atomic E-state index is 12.8. The number of amides is 1. The van der Waals surface area contributed by atoms with Crippen LogP contribution in [0.15, 0.2) is 0 Å². The molecule has 3 rings (SSSR count). The number of nitrogens with two attached hydrogens (primary N) is 1. The minimum atomic E-state index is -0.167. The number of fused-ring (bicyclic) bond motifs is 1. The van der Waals surface area contributed by atoms with Gasteiger partial charge in [-0.05, 0) is 44.4 Å². The van der Waals surface area contributed by atoms with E-state index >= 15 is 0 Å². The highest BCUT2D eigenvalue weighted by Crippen LogP contribution is 2.44. The van der Waals surface area contributed by atoms with Crippen LogP contribution in [0.25, 0.3) is 0 Å². The summed E-state index contributed by atoms with van der Waals surface area (Å²) in [6, 6.07) is 0.545. The standard InChI is InChI=1S/C15H26N2O/c16-11-15(8-4-9-15)14(18)17-10-3-6-12-5-1-2-7-13(12)17/h12-13H,1-11,16H2. The van der Waals surface area contributed by atoms with E-state index in [9.17, 15) is 4.79 Å². The van der Waals surface area contributed by atoms with Gasteiger partial charge in [0, 0.05) is 19.1 Å². The first kappa shape index (κ1) is 12.5. The van der Waals surface area contributed by atoms with Crippen molar-refractivity contribution in [1.82, 2.24) is 4.90 Å². The van der Waals surface area contributed by atoms with Gasteiger partial charge in [-0.25, -0.2) is 0 Å². The summed E-state index contributed by atoms with van der Waals surface area (Å²) < 4.78 is 0. The number of carbonyl (C=O) groups excluding carboxylic acids is 1. The molecule has 0 aromatic carbocycles. The minimum absolute atomic E-state index is 0.167. The van der Waals surface area contributed by atoms with Gasteiger partial charge in [0.15, 0.2) is 0 Å². The van der Waals surface area contributed by atoms with E-state index in [1.807, 2.05) is 0 Å². The summed E-state index contributed by atoms with van der Waals surface area (Å²) in [5.74, 6) is 1.18. The van der Waals surface area contributed by atoms with Crippen molar-refractivity contribution in [2.75, 3.05) is 13.1 Å². The van der Waals surface area contributed by atoms with Gasteiger partial charge in [0.2, 0.25) is 5.91 Å². The van der Waals surface area contributed by atoms with E-state index in [1.54, 1.807) is 0 Å². The third kappa shape index (κ3) is 1.87. The van der Waals surface area contributed by atoms with Crippen LogP contribution < -0.4 is 5.73 Å².